The molecule has 5 heteroatoms. The summed E-state index contributed by atoms with van der Waals surface area (Å²) >= 11 is 0. The van der Waals surface area contributed by atoms with Crippen LogP contribution in [0.1, 0.15) is 29.5 Å². The van der Waals surface area contributed by atoms with E-state index in [4.69, 9.17) is 15.5 Å². The number of rotatable bonds is 6. The Morgan fingerprint density at radius 3 is 2.55 bits per heavy atom. The molecule has 0 saturated heterocycles. The van der Waals surface area contributed by atoms with Gasteiger partial charge in [-0.05, 0) is 60.7 Å². The summed E-state index contributed by atoms with van der Waals surface area (Å²) in [6.07, 6.45) is 1.67. The second kappa shape index (κ2) is 7.68. The second-order valence-electron chi connectivity index (χ2n) is 7.53. The van der Waals surface area contributed by atoms with Gasteiger partial charge in [0.05, 0.1) is 18.2 Å². The van der Waals surface area contributed by atoms with Crippen molar-refractivity contribution in [1.29, 1.82) is 0 Å². The van der Waals surface area contributed by atoms with E-state index in [1.807, 2.05) is 67.6 Å². The predicted octanol–water partition coefficient (Wildman–Crippen LogP) is 4.19. The Balaban J connectivity index is 1.58. The minimum absolute atomic E-state index is 0.0133. The van der Waals surface area contributed by atoms with Crippen molar-refractivity contribution in [2.45, 2.75) is 31.7 Å². The fraction of sp³-hybridized carbons (Fsp3) is 0.250. The normalized spacial score (nSPS) is 14.3. The van der Waals surface area contributed by atoms with Gasteiger partial charge in [-0.15, -0.1) is 0 Å². The van der Waals surface area contributed by atoms with Crippen molar-refractivity contribution in [3.05, 3.63) is 77.4 Å². The zero-order chi connectivity index (χ0) is 20.4. The number of nitrogens with two attached hydrogens (primary N) is 1. The number of carbonyl (C=O) groups is 1. The van der Waals surface area contributed by atoms with Crippen molar-refractivity contribution < 1.29 is 9.53 Å². The summed E-state index contributed by atoms with van der Waals surface area (Å²) in [5, 5.41) is 3.03. The maximum Gasteiger partial charge on any atom is 0.236 e. The van der Waals surface area contributed by atoms with E-state index in [0.29, 0.717) is 12.4 Å². The van der Waals surface area contributed by atoms with Crippen LogP contribution in [-0.4, -0.2) is 18.0 Å². The zero-order valence-corrected chi connectivity index (χ0v) is 16.7. The van der Waals surface area contributed by atoms with Crippen molar-refractivity contribution in [3.8, 4) is 17.0 Å². The first-order chi connectivity index (χ1) is 14.1. The van der Waals surface area contributed by atoms with Crippen molar-refractivity contribution >= 4 is 11.7 Å². The van der Waals surface area contributed by atoms with Crippen LogP contribution in [0, 0.1) is 6.92 Å². The van der Waals surface area contributed by atoms with Gasteiger partial charge in [-0.25, -0.2) is 4.98 Å². The maximum atomic E-state index is 13.1. The molecule has 4 rings (SSSR count). The first kappa shape index (κ1) is 19.2. The van der Waals surface area contributed by atoms with Crippen LogP contribution in [0.3, 0.4) is 0 Å². The third-order valence-corrected chi connectivity index (χ3v) is 5.60. The number of nitrogens with zero attached hydrogens (tertiary/aromatic N) is 1. The van der Waals surface area contributed by atoms with Gasteiger partial charge in [-0.3, -0.25) is 4.79 Å². The smallest absolute Gasteiger partial charge is 0.236 e. The lowest BCUT2D eigenvalue weighted by Gasteiger charge is -2.17. The van der Waals surface area contributed by atoms with Crippen LogP contribution in [0.25, 0.3) is 11.3 Å². The first-order valence-electron chi connectivity index (χ1n) is 9.79. The minimum Gasteiger partial charge on any atom is -0.497 e. The SMILES string of the molecule is COc1ccc(C2(C(=O)Nc3ccc(C)c(-c4cccc(CN)c4)n3)CC2)cc1. The zero-order valence-electron chi connectivity index (χ0n) is 16.7. The third kappa shape index (κ3) is 3.74. The molecule has 1 aliphatic rings. The van der Waals surface area contributed by atoms with Gasteiger partial charge in [-0.2, -0.15) is 0 Å². The molecule has 1 fully saturated rings. The molecular formula is C24H25N3O2. The van der Waals surface area contributed by atoms with Gasteiger partial charge in [-0.1, -0.05) is 36.4 Å². The van der Waals surface area contributed by atoms with E-state index in [0.717, 1.165) is 46.5 Å². The fourth-order valence-electron chi connectivity index (χ4n) is 3.65. The molecule has 2 aromatic carbocycles. The Hall–Kier alpha value is -3.18. The largest absolute Gasteiger partial charge is 0.497 e. The number of pyridine rings is 1. The van der Waals surface area contributed by atoms with Gasteiger partial charge in [0, 0.05) is 12.1 Å². The summed E-state index contributed by atoms with van der Waals surface area (Å²) in [7, 11) is 1.64. The minimum atomic E-state index is -0.474. The van der Waals surface area contributed by atoms with Crippen LogP contribution in [0.4, 0.5) is 5.82 Å². The van der Waals surface area contributed by atoms with Crippen LogP contribution < -0.4 is 15.8 Å². The van der Waals surface area contributed by atoms with E-state index in [-0.39, 0.29) is 5.91 Å². The number of methoxy groups -OCH3 is 1. The number of aryl methyl sites for hydroxylation is 1. The summed E-state index contributed by atoms with van der Waals surface area (Å²) < 4.78 is 5.22. The monoisotopic (exact) mass is 387 g/mol. The molecule has 29 heavy (non-hydrogen) atoms. The van der Waals surface area contributed by atoms with Gasteiger partial charge in [0.2, 0.25) is 5.91 Å². The third-order valence-electron chi connectivity index (χ3n) is 5.60. The number of carbonyl (C=O) groups excluding carboxylic acids is 1. The standard InChI is InChI=1S/C24H25N3O2/c1-16-6-11-21(26-22(16)18-5-3-4-17(14-18)15-25)27-23(28)24(12-13-24)19-7-9-20(29-2)10-8-19/h3-11,14H,12-13,15,25H2,1-2H3,(H,26,27,28). The molecule has 1 saturated carbocycles. The Bertz CT molecular complexity index is 1040. The Morgan fingerprint density at radius 2 is 1.90 bits per heavy atom. The van der Waals surface area contributed by atoms with Gasteiger partial charge in [0.15, 0.2) is 0 Å². The summed E-state index contributed by atoms with van der Waals surface area (Å²) in [6, 6.07) is 19.6. The highest BCUT2D eigenvalue weighted by Gasteiger charge is 2.51. The van der Waals surface area contributed by atoms with Crippen LogP contribution in [-0.2, 0) is 16.8 Å². The first-order valence-corrected chi connectivity index (χ1v) is 9.79. The number of amides is 1. The number of benzene rings is 2. The topological polar surface area (TPSA) is 77.2 Å². The fourth-order valence-corrected chi connectivity index (χ4v) is 3.65. The van der Waals surface area contributed by atoms with E-state index in [9.17, 15) is 4.79 Å². The average Bonchev–Trinajstić information content (AvgIpc) is 3.57. The van der Waals surface area contributed by atoms with Crippen LogP contribution >= 0.6 is 0 Å². The molecule has 3 aromatic rings. The molecule has 0 bridgehead atoms. The Labute approximate surface area is 170 Å². The molecule has 3 N–H and O–H groups in total. The Kier molecular flexibility index (Phi) is 5.07. The molecule has 0 atom stereocenters. The maximum absolute atomic E-state index is 13.1. The summed E-state index contributed by atoms with van der Waals surface area (Å²) in [4.78, 5) is 17.8. The van der Waals surface area contributed by atoms with E-state index < -0.39 is 5.41 Å². The number of anilines is 1. The summed E-state index contributed by atoms with van der Waals surface area (Å²) in [6.45, 7) is 2.50. The molecule has 0 spiro atoms. The van der Waals surface area contributed by atoms with Crippen molar-refractivity contribution in [3.63, 3.8) is 0 Å². The number of hydrogen-bond donors (Lipinski definition) is 2. The van der Waals surface area contributed by atoms with Crippen molar-refractivity contribution in [2.24, 2.45) is 5.73 Å². The van der Waals surface area contributed by atoms with E-state index >= 15 is 0 Å². The molecule has 1 heterocycles. The van der Waals surface area contributed by atoms with Crippen LogP contribution in [0.15, 0.2) is 60.7 Å². The number of nitrogens with one attached hydrogen (secondary N) is 1. The molecule has 1 amide bonds. The quantitative estimate of drug-likeness (QED) is 0.665. The highest BCUT2D eigenvalue weighted by Crippen LogP contribution is 2.49. The average molecular weight is 387 g/mol. The summed E-state index contributed by atoms with van der Waals surface area (Å²) in [5.41, 5.74) is 10.3. The molecule has 0 unspecified atom stereocenters. The van der Waals surface area contributed by atoms with Crippen LogP contribution in [0.2, 0.25) is 0 Å². The highest BCUT2D eigenvalue weighted by molar-refractivity contribution is 6.01. The molecule has 5 nitrogen and oxygen atoms in total. The van der Waals surface area contributed by atoms with E-state index in [1.54, 1.807) is 7.11 Å². The van der Waals surface area contributed by atoms with Gasteiger partial charge < -0.3 is 15.8 Å². The molecule has 1 aromatic heterocycles. The van der Waals surface area contributed by atoms with Gasteiger partial charge in [0.25, 0.3) is 0 Å². The lowest BCUT2D eigenvalue weighted by molar-refractivity contribution is -0.118. The lowest BCUT2D eigenvalue weighted by atomic mass is 9.95. The highest BCUT2D eigenvalue weighted by atomic mass is 16.5. The van der Waals surface area contributed by atoms with E-state index in [1.165, 1.54) is 0 Å². The molecular weight excluding hydrogens is 362 g/mol. The van der Waals surface area contributed by atoms with Gasteiger partial charge >= 0.3 is 0 Å². The number of ether oxygens (including phenoxy) is 1. The van der Waals surface area contributed by atoms with Crippen molar-refractivity contribution in [1.82, 2.24) is 4.98 Å². The Morgan fingerprint density at radius 1 is 1.14 bits per heavy atom. The molecule has 0 radical (unpaired) electrons. The summed E-state index contributed by atoms with van der Waals surface area (Å²) in [5.74, 6) is 1.34. The van der Waals surface area contributed by atoms with E-state index in [2.05, 4.69) is 5.32 Å². The number of hydrogen-bond acceptors (Lipinski definition) is 4. The molecule has 148 valence electrons. The lowest BCUT2D eigenvalue weighted by Crippen LogP contribution is -2.28. The van der Waals surface area contributed by atoms with Gasteiger partial charge in [0.1, 0.15) is 11.6 Å². The second-order valence-corrected chi connectivity index (χ2v) is 7.53. The predicted molar refractivity (Wildman–Crippen MR) is 115 cm³/mol. The van der Waals surface area contributed by atoms with Crippen LogP contribution in [0.5, 0.6) is 5.75 Å². The van der Waals surface area contributed by atoms with Crippen molar-refractivity contribution in [2.75, 3.05) is 12.4 Å². The molecule has 0 aliphatic heterocycles. The molecule has 1 aliphatic carbocycles. The number of aromatic nitrogens is 1.